The molecule has 22 heavy (non-hydrogen) atoms. The highest BCUT2D eigenvalue weighted by atomic mass is 32.2. The molecule has 0 aromatic rings. The lowest BCUT2D eigenvalue weighted by molar-refractivity contribution is -0.130. The normalized spacial score (nSPS) is 28.2. The third kappa shape index (κ3) is 4.93. The van der Waals surface area contributed by atoms with Gasteiger partial charge in [-0.05, 0) is 18.9 Å². The Morgan fingerprint density at radius 1 is 1.14 bits per heavy atom. The van der Waals surface area contributed by atoms with Crippen molar-refractivity contribution < 1.29 is 13.2 Å². The summed E-state index contributed by atoms with van der Waals surface area (Å²) in [6, 6.07) is 0.535. The Balaban J connectivity index is 1.78. The molecule has 1 amide bonds. The average molecular weight is 331 g/mol. The van der Waals surface area contributed by atoms with Crippen LogP contribution in [-0.2, 0) is 14.6 Å². The van der Waals surface area contributed by atoms with E-state index in [0.29, 0.717) is 12.0 Å². The molecule has 2 aliphatic rings. The second-order valence-electron chi connectivity index (χ2n) is 6.83. The zero-order valence-electron chi connectivity index (χ0n) is 14.0. The number of rotatable bonds is 5. The Morgan fingerprint density at radius 3 is 2.32 bits per heavy atom. The van der Waals surface area contributed by atoms with Gasteiger partial charge in [-0.25, -0.2) is 8.42 Å². The van der Waals surface area contributed by atoms with Crippen molar-refractivity contribution >= 4 is 15.7 Å². The van der Waals surface area contributed by atoms with Crippen LogP contribution in [0.3, 0.4) is 0 Å². The Kier molecular flexibility index (Phi) is 5.85. The summed E-state index contributed by atoms with van der Waals surface area (Å²) < 4.78 is 22.4. The van der Waals surface area contributed by atoms with Crippen molar-refractivity contribution in [3.8, 4) is 0 Å². The van der Waals surface area contributed by atoms with Crippen LogP contribution in [0.1, 0.15) is 20.3 Å². The fourth-order valence-corrected chi connectivity index (χ4v) is 4.28. The first kappa shape index (κ1) is 17.7. The van der Waals surface area contributed by atoms with Gasteiger partial charge in [0, 0.05) is 58.5 Å². The smallest absolute Gasteiger partial charge is 0.219 e. The number of carbonyl (C=O) groups excluding carboxylic acids is 1. The zero-order valence-corrected chi connectivity index (χ0v) is 14.8. The molecule has 0 aromatic carbocycles. The standard InChI is InChI=1S/C15H29N3O3S/c1-13-11-16(5-4-10-22(3,20)21)12-15(13)18-8-6-17(7-9-18)14(2)19/h13,15H,4-12H2,1-3H3/t13-,15-/m1/s1. The first-order valence-electron chi connectivity index (χ1n) is 8.16. The van der Waals surface area contributed by atoms with Crippen LogP contribution in [0, 0.1) is 5.92 Å². The minimum Gasteiger partial charge on any atom is -0.340 e. The molecule has 0 aliphatic carbocycles. The number of carbonyl (C=O) groups is 1. The van der Waals surface area contributed by atoms with E-state index in [1.165, 1.54) is 6.26 Å². The maximum absolute atomic E-state index is 11.4. The van der Waals surface area contributed by atoms with E-state index < -0.39 is 9.84 Å². The number of nitrogens with zero attached hydrogens (tertiary/aromatic N) is 3. The Labute approximate surface area is 134 Å². The van der Waals surface area contributed by atoms with Crippen LogP contribution >= 0.6 is 0 Å². The van der Waals surface area contributed by atoms with E-state index >= 15 is 0 Å². The summed E-state index contributed by atoms with van der Waals surface area (Å²) in [6.45, 7) is 10.4. The lowest BCUT2D eigenvalue weighted by Crippen LogP contribution is -2.53. The molecule has 2 atom stereocenters. The summed E-state index contributed by atoms with van der Waals surface area (Å²) in [4.78, 5) is 18.2. The molecule has 2 fully saturated rings. The van der Waals surface area contributed by atoms with E-state index in [2.05, 4.69) is 16.7 Å². The summed E-state index contributed by atoms with van der Waals surface area (Å²) in [5.41, 5.74) is 0. The number of hydrogen-bond acceptors (Lipinski definition) is 5. The molecule has 2 aliphatic heterocycles. The van der Waals surface area contributed by atoms with Crippen molar-refractivity contribution in [2.45, 2.75) is 26.3 Å². The van der Waals surface area contributed by atoms with Gasteiger partial charge in [-0.1, -0.05) is 6.92 Å². The van der Waals surface area contributed by atoms with E-state index in [4.69, 9.17) is 0 Å². The summed E-state index contributed by atoms with van der Waals surface area (Å²) in [5, 5.41) is 0. The van der Waals surface area contributed by atoms with Gasteiger partial charge in [-0.2, -0.15) is 0 Å². The predicted molar refractivity (Wildman–Crippen MR) is 87.5 cm³/mol. The van der Waals surface area contributed by atoms with Gasteiger partial charge in [0.15, 0.2) is 0 Å². The van der Waals surface area contributed by atoms with Crippen LogP contribution in [0.15, 0.2) is 0 Å². The topological polar surface area (TPSA) is 60.9 Å². The largest absolute Gasteiger partial charge is 0.340 e. The molecule has 2 saturated heterocycles. The number of sulfone groups is 1. The molecule has 6 nitrogen and oxygen atoms in total. The zero-order chi connectivity index (χ0) is 16.3. The van der Waals surface area contributed by atoms with Crippen LogP contribution in [0.2, 0.25) is 0 Å². The SMILES string of the molecule is CC(=O)N1CCN([C@@H]2CN(CCCS(C)(=O)=O)C[C@H]2C)CC1. The summed E-state index contributed by atoms with van der Waals surface area (Å²) in [6.07, 6.45) is 2.02. The third-order valence-corrected chi connectivity index (χ3v) is 5.90. The summed E-state index contributed by atoms with van der Waals surface area (Å²) >= 11 is 0. The van der Waals surface area contributed by atoms with Crippen molar-refractivity contribution in [1.29, 1.82) is 0 Å². The summed E-state index contributed by atoms with van der Waals surface area (Å²) in [7, 11) is -2.85. The maximum atomic E-state index is 11.4. The van der Waals surface area contributed by atoms with Crippen LogP contribution in [-0.4, -0.2) is 92.9 Å². The molecule has 0 saturated carbocycles. The van der Waals surface area contributed by atoms with Crippen LogP contribution in [0.4, 0.5) is 0 Å². The third-order valence-electron chi connectivity index (χ3n) is 4.87. The van der Waals surface area contributed by atoms with Gasteiger partial charge in [0.1, 0.15) is 9.84 Å². The Bertz CT molecular complexity index is 486. The molecular weight excluding hydrogens is 302 g/mol. The molecule has 0 N–H and O–H groups in total. The number of hydrogen-bond donors (Lipinski definition) is 0. The van der Waals surface area contributed by atoms with Crippen molar-refractivity contribution in [3.63, 3.8) is 0 Å². The fraction of sp³-hybridized carbons (Fsp3) is 0.933. The Hall–Kier alpha value is -0.660. The molecular formula is C15H29N3O3S. The van der Waals surface area contributed by atoms with Gasteiger partial charge < -0.3 is 9.80 Å². The number of amides is 1. The molecule has 2 rings (SSSR count). The van der Waals surface area contributed by atoms with Gasteiger partial charge in [-0.3, -0.25) is 9.69 Å². The van der Waals surface area contributed by atoms with E-state index in [1.807, 2.05) is 4.90 Å². The van der Waals surface area contributed by atoms with Crippen molar-refractivity contribution in [1.82, 2.24) is 14.7 Å². The monoisotopic (exact) mass is 331 g/mol. The van der Waals surface area contributed by atoms with Crippen molar-refractivity contribution in [2.75, 3.05) is 57.8 Å². The van der Waals surface area contributed by atoms with E-state index in [0.717, 1.165) is 52.2 Å². The quantitative estimate of drug-likeness (QED) is 0.704. The number of piperazine rings is 1. The lowest BCUT2D eigenvalue weighted by Gasteiger charge is -2.39. The van der Waals surface area contributed by atoms with Crippen LogP contribution in [0.5, 0.6) is 0 Å². The maximum Gasteiger partial charge on any atom is 0.219 e. The fourth-order valence-electron chi connectivity index (χ4n) is 3.62. The van der Waals surface area contributed by atoms with Gasteiger partial charge in [0.05, 0.1) is 5.75 Å². The van der Waals surface area contributed by atoms with Crippen molar-refractivity contribution in [3.05, 3.63) is 0 Å². The van der Waals surface area contributed by atoms with Crippen molar-refractivity contribution in [2.24, 2.45) is 5.92 Å². The highest BCUT2D eigenvalue weighted by Gasteiger charge is 2.35. The molecule has 7 heteroatoms. The van der Waals surface area contributed by atoms with E-state index in [1.54, 1.807) is 6.92 Å². The summed E-state index contributed by atoms with van der Waals surface area (Å²) in [5.74, 6) is 1.04. The van der Waals surface area contributed by atoms with Gasteiger partial charge in [0.2, 0.25) is 5.91 Å². The highest BCUT2D eigenvalue weighted by molar-refractivity contribution is 7.90. The van der Waals surface area contributed by atoms with Gasteiger partial charge in [-0.15, -0.1) is 0 Å². The molecule has 2 heterocycles. The molecule has 0 radical (unpaired) electrons. The Morgan fingerprint density at radius 2 is 1.77 bits per heavy atom. The average Bonchev–Trinajstić information content (AvgIpc) is 2.78. The van der Waals surface area contributed by atoms with Gasteiger partial charge >= 0.3 is 0 Å². The van der Waals surface area contributed by atoms with Gasteiger partial charge in [0.25, 0.3) is 0 Å². The second-order valence-corrected chi connectivity index (χ2v) is 9.09. The predicted octanol–water partition coefficient (Wildman–Crippen LogP) is -0.0945. The molecule has 0 unspecified atom stereocenters. The molecule has 0 aromatic heterocycles. The first-order valence-corrected chi connectivity index (χ1v) is 10.2. The number of likely N-dealkylation sites (tertiary alicyclic amines) is 1. The minimum absolute atomic E-state index is 0.168. The van der Waals surface area contributed by atoms with Crippen LogP contribution < -0.4 is 0 Å². The minimum atomic E-state index is -2.85. The molecule has 0 spiro atoms. The van der Waals surface area contributed by atoms with E-state index in [9.17, 15) is 13.2 Å². The molecule has 0 bridgehead atoms. The van der Waals surface area contributed by atoms with Crippen LogP contribution in [0.25, 0.3) is 0 Å². The molecule has 128 valence electrons. The first-order chi connectivity index (χ1) is 10.3. The highest BCUT2D eigenvalue weighted by Crippen LogP contribution is 2.23. The second kappa shape index (κ2) is 7.27. The van der Waals surface area contributed by atoms with E-state index in [-0.39, 0.29) is 11.7 Å². The lowest BCUT2D eigenvalue weighted by atomic mass is 10.0.